The molecule has 10 amide bonds. The van der Waals surface area contributed by atoms with Gasteiger partial charge in [-0.1, -0.05) is 44.2 Å². The van der Waals surface area contributed by atoms with Gasteiger partial charge in [-0.15, -0.1) is 0 Å². The lowest BCUT2D eigenvalue weighted by molar-refractivity contribution is -0.142. The van der Waals surface area contributed by atoms with Gasteiger partial charge in [0.05, 0.1) is 31.7 Å². The second-order valence-corrected chi connectivity index (χ2v) is 19.6. The van der Waals surface area contributed by atoms with Crippen molar-refractivity contribution >= 4 is 95.4 Å². The molecule has 432 valence electrons. The summed E-state index contributed by atoms with van der Waals surface area (Å²) in [6, 6.07) is -5.37. The van der Waals surface area contributed by atoms with Crippen LogP contribution in [-0.4, -0.2) is 189 Å². The Balaban J connectivity index is 3.26. The number of nitrogens with one attached hydrogen (secondary N) is 9. The lowest BCUT2D eigenvalue weighted by atomic mass is 10.00. The van der Waals surface area contributed by atoms with E-state index < -0.39 is 164 Å². The number of thioether (sulfide) groups is 1. The summed E-state index contributed by atoms with van der Waals surface area (Å²) in [5.74, 6) is -13.0. The molecule has 0 aromatic heterocycles. The van der Waals surface area contributed by atoms with Crippen molar-refractivity contribution in [3.05, 3.63) is 35.9 Å². The number of aliphatic hydroxyl groups excluding tert-OH is 2. The van der Waals surface area contributed by atoms with Gasteiger partial charge in [0.1, 0.15) is 48.3 Å². The van der Waals surface area contributed by atoms with Gasteiger partial charge < -0.3 is 85.5 Å². The first-order chi connectivity index (χ1) is 36.3. The smallest absolute Gasteiger partial charge is 0.326 e. The van der Waals surface area contributed by atoms with Crippen LogP contribution in [0, 0.1) is 5.92 Å². The topological polar surface area (TPSA) is 472 Å². The number of carboxylic acid groups (broad SMARTS) is 2. The first-order valence-electron chi connectivity index (χ1n) is 24.6. The molecule has 1 rings (SSSR count). The van der Waals surface area contributed by atoms with Crippen LogP contribution < -0.4 is 65.1 Å². The quantitative estimate of drug-likeness (QED) is 0.0217. The molecule has 0 saturated heterocycles. The third kappa shape index (κ3) is 26.8. The van der Waals surface area contributed by atoms with Crippen LogP contribution in [0.15, 0.2) is 30.3 Å². The largest absolute Gasteiger partial charge is 0.481 e. The number of nitrogens with two attached hydrogens (primary N) is 3. The van der Waals surface area contributed by atoms with Crippen LogP contribution in [0.1, 0.15) is 77.7 Å². The minimum atomic E-state index is -1.89. The van der Waals surface area contributed by atoms with Gasteiger partial charge in [-0.25, -0.2) is 4.79 Å². The van der Waals surface area contributed by atoms with Crippen molar-refractivity contribution in [1.29, 1.82) is 0 Å². The maximum Gasteiger partial charge on any atom is 0.326 e. The van der Waals surface area contributed by atoms with E-state index in [1.807, 2.05) is 0 Å². The number of rotatable bonds is 38. The number of primary amides is 1. The van der Waals surface area contributed by atoms with E-state index in [4.69, 9.17) is 17.2 Å². The number of aliphatic carboxylic acids is 2. The molecule has 0 radical (unpaired) electrons. The Kier molecular flexibility index (Phi) is 32.4. The molecule has 0 fully saturated rings. The van der Waals surface area contributed by atoms with Crippen LogP contribution >= 0.6 is 24.4 Å². The average Bonchev–Trinajstić information content (AvgIpc) is 3.36. The molecule has 1 aromatic carbocycles. The number of carbonyl (C=O) groups excluding carboxylic acids is 10. The van der Waals surface area contributed by atoms with Crippen molar-refractivity contribution in [2.45, 2.75) is 139 Å². The Morgan fingerprint density at radius 2 is 1.18 bits per heavy atom. The highest BCUT2D eigenvalue weighted by Crippen LogP contribution is 2.11. The fourth-order valence-electron chi connectivity index (χ4n) is 7.05. The van der Waals surface area contributed by atoms with Crippen molar-refractivity contribution < 1.29 is 78.0 Å². The number of aliphatic hydroxyl groups is 2. The number of unbranched alkanes of at least 4 members (excludes halogenated alkanes) is 1. The van der Waals surface area contributed by atoms with Crippen molar-refractivity contribution in [1.82, 2.24) is 47.9 Å². The van der Waals surface area contributed by atoms with Gasteiger partial charge in [0.15, 0.2) is 0 Å². The van der Waals surface area contributed by atoms with Crippen molar-refractivity contribution in [3.8, 4) is 0 Å². The Morgan fingerprint density at radius 3 is 1.73 bits per heavy atom. The van der Waals surface area contributed by atoms with Gasteiger partial charge >= 0.3 is 11.9 Å². The molecular formula is C47H76N12O16S2. The first kappa shape index (κ1) is 68.4. The molecule has 10 atom stereocenters. The second kappa shape index (κ2) is 36.4. The second-order valence-electron chi connectivity index (χ2n) is 18.2. The zero-order valence-corrected chi connectivity index (χ0v) is 45.1. The lowest BCUT2D eigenvalue weighted by Gasteiger charge is -2.28. The van der Waals surface area contributed by atoms with Gasteiger partial charge in [0.2, 0.25) is 59.1 Å². The van der Waals surface area contributed by atoms with E-state index in [2.05, 4.69) is 60.5 Å². The minimum absolute atomic E-state index is 0.0470. The summed E-state index contributed by atoms with van der Waals surface area (Å²) in [5, 5.41) is 60.9. The Morgan fingerprint density at radius 1 is 0.636 bits per heavy atom. The fourth-order valence-corrected chi connectivity index (χ4v) is 7.79. The zero-order valence-electron chi connectivity index (χ0n) is 43.4. The molecule has 0 aliphatic carbocycles. The highest BCUT2D eigenvalue weighted by Gasteiger charge is 2.36. The number of carboxylic acids is 2. The predicted octanol–water partition coefficient (Wildman–Crippen LogP) is -5.39. The normalized spacial score (nSPS) is 14.9. The highest BCUT2D eigenvalue weighted by molar-refractivity contribution is 7.98. The summed E-state index contributed by atoms with van der Waals surface area (Å²) in [7, 11) is 0. The maximum absolute atomic E-state index is 14.0. The molecule has 0 unspecified atom stereocenters. The minimum Gasteiger partial charge on any atom is -0.481 e. The molecule has 1 aromatic rings. The molecule has 0 aliphatic heterocycles. The summed E-state index contributed by atoms with van der Waals surface area (Å²) in [4.78, 5) is 156. The third-order valence-electron chi connectivity index (χ3n) is 11.2. The summed E-state index contributed by atoms with van der Waals surface area (Å²) in [6.07, 6.45) is -0.902. The molecule has 0 spiro atoms. The van der Waals surface area contributed by atoms with Gasteiger partial charge in [0, 0.05) is 18.6 Å². The Bertz CT molecular complexity index is 2160. The molecule has 28 nitrogen and oxygen atoms in total. The van der Waals surface area contributed by atoms with Gasteiger partial charge in [-0.05, 0) is 75.5 Å². The number of hydrogen-bond donors (Lipinski definition) is 17. The van der Waals surface area contributed by atoms with Crippen LogP contribution in [0.3, 0.4) is 0 Å². The van der Waals surface area contributed by atoms with Crippen LogP contribution in [0.25, 0.3) is 0 Å². The summed E-state index contributed by atoms with van der Waals surface area (Å²) >= 11 is 5.47. The van der Waals surface area contributed by atoms with Crippen molar-refractivity contribution in [2.24, 2.45) is 23.1 Å². The molecule has 0 heterocycles. The zero-order chi connectivity index (χ0) is 58.4. The lowest BCUT2D eigenvalue weighted by Crippen LogP contribution is -2.62. The van der Waals surface area contributed by atoms with E-state index in [0.717, 1.165) is 6.92 Å². The number of benzene rings is 1. The molecule has 19 N–H and O–H groups in total. The van der Waals surface area contributed by atoms with Crippen LogP contribution in [-0.2, 0) is 64.0 Å². The van der Waals surface area contributed by atoms with E-state index in [9.17, 15) is 78.0 Å². The standard InChI is InChI=1S/C47H76N12O16S2/c1-24(2)18-30(42(69)54-29(47(74)75)12-8-9-16-48)56-43(70)31(19-26-10-6-5-7-11-26)57-46(73)38(25(3)61)59-41(68)28(13-14-37(64)65)53-45(72)33(22-60)52-36(63)21-51-40(67)34(23-76)58-44(71)32(20-35(50)62)55-39(66)27(49)15-17-77-4/h5-7,10-11,24-25,27-34,38,60-61,76H,8-9,12-23,48-49H2,1-4H3,(H2,50,62)(H,51,67)(H,52,63)(H,53,72)(H,54,69)(H,55,66)(H,56,70)(H,57,73)(H,58,71)(H,59,68)(H,64,65)(H,74,75)/t25-,27+,28+,29+,30+,31+,32+,33+,34+,38+/m1/s1. The summed E-state index contributed by atoms with van der Waals surface area (Å²) in [5.41, 5.74) is 17.2. The molecule has 30 heteroatoms. The Labute approximate surface area is 455 Å². The van der Waals surface area contributed by atoms with E-state index in [-0.39, 0.29) is 37.4 Å². The maximum atomic E-state index is 14.0. The molecular weight excluding hydrogens is 1050 g/mol. The van der Waals surface area contributed by atoms with E-state index in [1.54, 1.807) is 50.4 Å². The van der Waals surface area contributed by atoms with Crippen molar-refractivity contribution in [2.75, 3.05) is 37.5 Å². The van der Waals surface area contributed by atoms with Crippen LogP contribution in [0.5, 0.6) is 0 Å². The van der Waals surface area contributed by atoms with Crippen molar-refractivity contribution in [3.63, 3.8) is 0 Å². The van der Waals surface area contributed by atoms with Gasteiger partial charge in [0.25, 0.3) is 0 Å². The van der Waals surface area contributed by atoms with E-state index in [1.165, 1.54) is 11.8 Å². The monoisotopic (exact) mass is 1130 g/mol. The first-order valence-corrected chi connectivity index (χ1v) is 26.6. The van der Waals surface area contributed by atoms with Gasteiger partial charge in [-0.3, -0.25) is 52.7 Å². The highest BCUT2D eigenvalue weighted by atomic mass is 32.2. The number of thiol groups is 1. The Hall–Kier alpha value is -6.60. The van der Waals surface area contributed by atoms with Crippen LogP contribution in [0.4, 0.5) is 0 Å². The number of hydrogen-bond acceptors (Lipinski definition) is 18. The SMILES string of the molecule is CSCC[C@H](N)C(=O)N[C@@H](CC(N)=O)C(=O)N[C@@H](CS)C(=O)NCC(=O)N[C@@H](CO)C(=O)N[C@@H](CCC(=O)O)C(=O)N[C@H](C(=O)N[C@@H](Cc1ccccc1)C(=O)N[C@@H](CC(C)C)C(=O)N[C@@H](CCCCN)C(=O)O)[C@@H](C)O. The van der Waals surface area contributed by atoms with Crippen LogP contribution in [0.2, 0.25) is 0 Å². The van der Waals surface area contributed by atoms with E-state index in [0.29, 0.717) is 30.7 Å². The molecule has 77 heavy (non-hydrogen) atoms. The van der Waals surface area contributed by atoms with E-state index >= 15 is 0 Å². The fraction of sp³-hybridized carbons (Fsp3) is 0.617. The number of amides is 10. The predicted molar refractivity (Wildman–Crippen MR) is 283 cm³/mol. The molecule has 0 bridgehead atoms. The third-order valence-corrected chi connectivity index (χ3v) is 12.2. The average molecular weight is 1130 g/mol. The summed E-state index contributed by atoms with van der Waals surface area (Å²) in [6.45, 7) is 2.94. The number of carbonyl (C=O) groups is 12. The summed E-state index contributed by atoms with van der Waals surface area (Å²) < 4.78 is 0. The van der Waals surface area contributed by atoms with Gasteiger partial charge in [-0.2, -0.15) is 24.4 Å². The molecule has 0 aliphatic rings. The molecule has 0 saturated carbocycles.